The van der Waals surface area contributed by atoms with E-state index >= 15 is 0 Å². The maximum absolute atomic E-state index is 10.1. The van der Waals surface area contributed by atoms with Crippen molar-refractivity contribution in [1.82, 2.24) is 0 Å². The van der Waals surface area contributed by atoms with Crippen molar-refractivity contribution in [1.29, 1.82) is 0 Å². The molecule has 2 aromatic rings. The van der Waals surface area contributed by atoms with Gasteiger partial charge in [-0.25, -0.2) is 0 Å². The average molecular weight is 316 g/mol. The van der Waals surface area contributed by atoms with E-state index in [0.717, 1.165) is 29.7 Å². The normalized spacial score (nSPS) is 16.5. The minimum absolute atomic E-state index is 0.00526. The average Bonchev–Trinajstić information content (AvgIpc) is 2.55. The second-order valence-electron chi connectivity index (χ2n) is 5.60. The fraction of sp³-hybridized carbons (Fsp3) is 0.333. The molecule has 0 fully saturated rings. The van der Waals surface area contributed by atoms with Crippen molar-refractivity contribution < 1.29 is 24.8 Å². The molecule has 0 amide bonds. The first kappa shape index (κ1) is 15.5. The maximum Gasteiger partial charge on any atom is 0.130 e. The van der Waals surface area contributed by atoms with Gasteiger partial charge in [0.2, 0.25) is 0 Å². The number of hydrogen-bond acceptors (Lipinski definition) is 5. The highest BCUT2D eigenvalue weighted by atomic mass is 16.5. The lowest BCUT2D eigenvalue weighted by Crippen LogP contribution is -2.17. The van der Waals surface area contributed by atoms with Crippen LogP contribution in [0.4, 0.5) is 0 Å². The molecule has 5 heteroatoms. The van der Waals surface area contributed by atoms with E-state index in [-0.39, 0.29) is 24.2 Å². The Balaban J connectivity index is 1.98. The number of benzene rings is 2. The summed E-state index contributed by atoms with van der Waals surface area (Å²) in [4.78, 5) is 0. The highest BCUT2D eigenvalue weighted by Crippen LogP contribution is 2.43. The van der Waals surface area contributed by atoms with Gasteiger partial charge in [-0.3, -0.25) is 0 Å². The van der Waals surface area contributed by atoms with E-state index in [9.17, 15) is 15.3 Å². The highest BCUT2D eigenvalue weighted by Gasteiger charge is 2.27. The number of aromatic hydroxyl groups is 2. The van der Waals surface area contributed by atoms with Crippen LogP contribution < -0.4 is 9.47 Å². The predicted molar refractivity (Wildman–Crippen MR) is 85.2 cm³/mol. The third-order valence-corrected chi connectivity index (χ3v) is 4.18. The van der Waals surface area contributed by atoms with E-state index in [1.54, 1.807) is 13.2 Å². The third kappa shape index (κ3) is 2.92. The fourth-order valence-electron chi connectivity index (χ4n) is 3.05. The molecule has 0 radical (unpaired) electrons. The van der Waals surface area contributed by atoms with Crippen molar-refractivity contribution in [2.75, 3.05) is 13.7 Å². The molecule has 0 spiro atoms. The van der Waals surface area contributed by atoms with E-state index in [2.05, 4.69) is 0 Å². The summed E-state index contributed by atoms with van der Waals surface area (Å²) in [5, 5.41) is 28.8. The van der Waals surface area contributed by atoms with Crippen LogP contribution in [-0.4, -0.2) is 29.0 Å². The van der Waals surface area contributed by atoms with E-state index in [0.29, 0.717) is 17.7 Å². The van der Waals surface area contributed by atoms with E-state index in [4.69, 9.17) is 9.47 Å². The molecule has 3 rings (SSSR count). The summed E-state index contributed by atoms with van der Waals surface area (Å²) in [6, 6.07) is 8.39. The molecule has 2 aromatic carbocycles. The molecule has 1 heterocycles. The van der Waals surface area contributed by atoms with Crippen molar-refractivity contribution in [2.24, 2.45) is 0 Å². The van der Waals surface area contributed by atoms with Crippen molar-refractivity contribution >= 4 is 0 Å². The molecule has 23 heavy (non-hydrogen) atoms. The Morgan fingerprint density at radius 1 is 1.22 bits per heavy atom. The van der Waals surface area contributed by atoms with Gasteiger partial charge in [0.1, 0.15) is 29.1 Å². The number of fused-ring (bicyclic) bond motifs is 1. The second kappa shape index (κ2) is 6.38. The molecule has 1 atom stereocenters. The SMILES string of the molecule is COc1ccc2c(c1CCO)O[C@H](c1ccc(O)cc1O)CC2. The van der Waals surface area contributed by atoms with Crippen LogP contribution in [0.5, 0.6) is 23.0 Å². The summed E-state index contributed by atoms with van der Waals surface area (Å²) in [5.74, 6) is 1.45. The third-order valence-electron chi connectivity index (χ3n) is 4.18. The molecule has 3 N–H and O–H groups in total. The molecule has 0 bridgehead atoms. The summed E-state index contributed by atoms with van der Waals surface area (Å²) in [5.41, 5.74) is 2.56. The van der Waals surface area contributed by atoms with Gasteiger partial charge in [0, 0.05) is 30.2 Å². The highest BCUT2D eigenvalue weighted by molar-refractivity contribution is 5.52. The zero-order valence-electron chi connectivity index (χ0n) is 13.0. The van der Waals surface area contributed by atoms with Crippen molar-refractivity contribution in [3.8, 4) is 23.0 Å². The van der Waals surface area contributed by atoms with Gasteiger partial charge in [-0.15, -0.1) is 0 Å². The molecule has 0 unspecified atom stereocenters. The van der Waals surface area contributed by atoms with Gasteiger partial charge in [-0.05, 0) is 36.6 Å². The van der Waals surface area contributed by atoms with Gasteiger partial charge in [-0.1, -0.05) is 6.07 Å². The number of phenols is 2. The summed E-state index contributed by atoms with van der Waals surface area (Å²) < 4.78 is 11.5. The van der Waals surface area contributed by atoms with Gasteiger partial charge < -0.3 is 24.8 Å². The molecule has 122 valence electrons. The van der Waals surface area contributed by atoms with Crippen LogP contribution in [0.2, 0.25) is 0 Å². The first-order chi connectivity index (χ1) is 11.1. The van der Waals surface area contributed by atoms with Gasteiger partial charge in [0.15, 0.2) is 0 Å². The first-order valence-electron chi connectivity index (χ1n) is 7.62. The van der Waals surface area contributed by atoms with Gasteiger partial charge in [0.05, 0.1) is 7.11 Å². The van der Waals surface area contributed by atoms with Gasteiger partial charge in [0.25, 0.3) is 0 Å². The first-order valence-corrected chi connectivity index (χ1v) is 7.62. The van der Waals surface area contributed by atoms with E-state index in [1.165, 1.54) is 12.1 Å². The number of aliphatic hydroxyl groups excluding tert-OH is 1. The number of hydrogen-bond donors (Lipinski definition) is 3. The van der Waals surface area contributed by atoms with E-state index in [1.807, 2.05) is 12.1 Å². The Hall–Kier alpha value is -2.40. The molecular weight excluding hydrogens is 296 g/mol. The molecular formula is C18H20O5. The van der Waals surface area contributed by atoms with E-state index < -0.39 is 0 Å². The zero-order chi connectivity index (χ0) is 16.4. The molecule has 0 saturated heterocycles. The Kier molecular flexibility index (Phi) is 4.30. The molecule has 1 aliphatic heterocycles. The summed E-state index contributed by atoms with van der Waals surface area (Å²) in [6.45, 7) is 0.00526. The number of aliphatic hydroxyl groups is 1. The molecule has 0 saturated carbocycles. The van der Waals surface area contributed by atoms with Crippen LogP contribution in [0.15, 0.2) is 30.3 Å². The predicted octanol–water partition coefficient (Wildman–Crippen LogP) is 2.71. The van der Waals surface area contributed by atoms with Crippen LogP contribution in [0, 0.1) is 0 Å². The van der Waals surface area contributed by atoms with Crippen molar-refractivity contribution in [2.45, 2.75) is 25.4 Å². The maximum atomic E-state index is 10.1. The van der Waals surface area contributed by atoms with Crippen LogP contribution >= 0.6 is 0 Å². The quantitative estimate of drug-likeness (QED) is 0.808. The smallest absolute Gasteiger partial charge is 0.130 e. The van der Waals surface area contributed by atoms with Crippen molar-refractivity contribution in [3.05, 3.63) is 47.0 Å². The van der Waals surface area contributed by atoms with Gasteiger partial charge >= 0.3 is 0 Å². The topological polar surface area (TPSA) is 79.2 Å². The number of aryl methyl sites for hydroxylation is 1. The lowest BCUT2D eigenvalue weighted by Gasteiger charge is -2.29. The number of rotatable bonds is 4. The van der Waals surface area contributed by atoms with Crippen LogP contribution in [0.3, 0.4) is 0 Å². The Morgan fingerprint density at radius 3 is 2.74 bits per heavy atom. The molecule has 0 aliphatic carbocycles. The zero-order valence-corrected chi connectivity index (χ0v) is 13.0. The monoisotopic (exact) mass is 316 g/mol. The van der Waals surface area contributed by atoms with Crippen LogP contribution in [0.25, 0.3) is 0 Å². The molecule has 1 aliphatic rings. The van der Waals surface area contributed by atoms with Crippen LogP contribution in [0.1, 0.15) is 29.2 Å². The molecule has 5 nitrogen and oxygen atoms in total. The number of phenolic OH excluding ortho intramolecular Hbond substituents is 2. The summed E-state index contributed by atoms with van der Waals surface area (Å²) >= 11 is 0. The number of ether oxygens (including phenoxy) is 2. The Labute approximate surface area is 134 Å². The number of methoxy groups -OCH3 is 1. The molecule has 0 aromatic heterocycles. The minimum atomic E-state index is -0.298. The largest absolute Gasteiger partial charge is 0.508 e. The fourth-order valence-corrected chi connectivity index (χ4v) is 3.05. The Morgan fingerprint density at radius 2 is 2.04 bits per heavy atom. The summed E-state index contributed by atoms with van der Waals surface area (Å²) in [7, 11) is 1.59. The lowest BCUT2D eigenvalue weighted by molar-refractivity contribution is 0.168. The standard InChI is InChI=1S/C18H20O5/c1-22-16-6-2-11-3-7-17(23-18(11)14(16)8-9-19)13-5-4-12(20)10-15(13)21/h2,4-6,10,17,19-21H,3,7-9H2,1H3/t17-/m0/s1. The van der Waals surface area contributed by atoms with Crippen molar-refractivity contribution in [3.63, 3.8) is 0 Å². The van der Waals surface area contributed by atoms with Crippen LogP contribution in [-0.2, 0) is 12.8 Å². The minimum Gasteiger partial charge on any atom is -0.508 e. The Bertz CT molecular complexity index is 711. The summed E-state index contributed by atoms with van der Waals surface area (Å²) in [6.07, 6.45) is 1.69. The van der Waals surface area contributed by atoms with Gasteiger partial charge in [-0.2, -0.15) is 0 Å². The lowest BCUT2D eigenvalue weighted by atomic mass is 9.94. The second-order valence-corrected chi connectivity index (χ2v) is 5.60.